The van der Waals surface area contributed by atoms with Crippen LogP contribution in [0.4, 0.5) is 0 Å². The predicted octanol–water partition coefficient (Wildman–Crippen LogP) is 14.3. The van der Waals surface area contributed by atoms with Gasteiger partial charge in [0.25, 0.3) is 0 Å². The van der Waals surface area contributed by atoms with Crippen LogP contribution >= 0.6 is 0 Å². The van der Waals surface area contributed by atoms with Crippen LogP contribution in [0.3, 0.4) is 0 Å². The van der Waals surface area contributed by atoms with Crippen LogP contribution in [0.25, 0.3) is 122 Å². The molecule has 0 amide bonds. The van der Waals surface area contributed by atoms with E-state index in [1.54, 1.807) is 0 Å². The van der Waals surface area contributed by atoms with Crippen LogP contribution in [0.15, 0.2) is 194 Å². The third kappa shape index (κ3) is 5.20. The maximum absolute atomic E-state index is 10.1. The molecular weight excluding hydrogens is 729 g/mol. The van der Waals surface area contributed by atoms with Gasteiger partial charge in [-0.3, -0.25) is 0 Å². The minimum absolute atomic E-state index is 0.634. The standard InChI is InChI=1S/C56H32N4/c57-33-38-25-26-44(40-20-8-7-19-39(38)40)48-30-28-46-42-22-10-9-21-41(42)45-27-29-47(53(48)52(45)46)43-23-11-17-36-32-51-37(31-50(36)43)18-12-24-49(51)56-59-54(34-13-3-1-4-14-34)58-55(60-56)35-15-5-2-6-16-35/h1-32H. The van der Waals surface area contributed by atoms with Crippen LogP contribution in [-0.4, -0.2) is 15.0 Å². The number of aromatic nitrogens is 3. The van der Waals surface area contributed by atoms with Gasteiger partial charge in [0.05, 0.1) is 11.6 Å². The lowest BCUT2D eigenvalue weighted by atomic mass is 9.85. The summed E-state index contributed by atoms with van der Waals surface area (Å²) in [7, 11) is 0. The van der Waals surface area contributed by atoms with Crippen LogP contribution in [0.2, 0.25) is 0 Å². The van der Waals surface area contributed by atoms with E-state index in [4.69, 9.17) is 15.0 Å². The first-order chi connectivity index (χ1) is 29.7. The Kier molecular flexibility index (Phi) is 7.57. The van der Waals surface area contributed by atoms with E-state index in [1.807, 2.05) is 72.8 Å². The molecule has 0 fully saturated rings. The average Bonchev–Trinajstić information content (AvgIpc) is 3.65. The normalized spacial score (nSPS) is 11.7. The molecule has 12 rings (SSSR count). The van der Waals surface area contributed by atoms with E-state index in [9.17, 15) is 5.26 Å². The monoisotopic (exact) mass is 760 g/mol. The molecule has 0 saturated carbocycles. The predicted molar refractivity (Wildman–Crippen MR) is 246 cm³/mol. The highest BCUT2D eigenvalue weighted by atomic mass is 15.0. The van der Waals surface area contributed by atoms with Gasteiger partial charge in [0, 0.05) is 22.1 Å². The van der Waals surface area contributed by atoms with Crippen molar-refractivity contribution in [3.05, 3.63) is 200 Å². The van der Waals surface area contributed by atoms with Crippen molar-refractivity contribution in [1.29, 1.82) is 5.26 Å². The van der Waals surface area contributed by atoms with Crippen molar-refractivity contribution in [1.82, 2.24) is 15.0 Å². The molecule has 11 aromatic rings. The van der Waals surface area contributed by atoms with Crippen molar-refractivity contribution in [2.45, 2.75) is 0 Å². The minimum atomic E-state index is 0.634. The fourth-order valence-corrected chi connectivity index (χ4v) is 9.39. The maximum atomic E-state index is 10.1. The van der Waals surface area contributed by atoms with E-state index in [2.05, 4.69) is 127 Å². The fraction of sp³-hybridized carbons (Fsp3) is 0. The van der Waals surface area contributed by atoms with Gasteiger partial charge in [-0.1, -0.05) is 176 Å². The van der Waals surface area contributed by atoms with Crippen LogP contribution in [0.1, 0.15) is 5.56 Å². The van der Waals surface area contributed by atoms with Crippen LogP contribution < -0.4 is 0 Å². The van der Waals surface area contributed by atoms with E-state index in [1.165, 1.54) is 44.0 Å². The van der Waals surface area contributed by atoms with E-state index >= 15 is 0 Å². The van der Waals surface area contributed by atoms with E-state index in [0.29, 0.717) is 23.0 Å². The molecule has 4 nitrogen and oxygen atoms in total. The zero-order valence-electron chi connectivity index (χ0n) is 32.3. The third-order valence-corrected chi connectivity index (χ3v) is 12.1. The van der Waals surface area contributed by atoms with Gasteiger partial charge in [-0.25, -0.2) is 15.0 Å². The van der Waals surface area contributed by atoms with Crippen LogP contribution in [-0.2, 0) is 0 Å². The van der Waals surface area contributed by atoms with Crippen molar-refractivity contribution in [2.24, 2.45) is 0 Å². The van der Waals surface area contributed by atoms with Gasteiger partial charge >= 0.3 is 0 Å². The molecule has 0 aliphatic heterocycles. The van der Waals surface area contributed by atoms with Gasteiger partial charge < -0.3 is 0 Å². The molecule has 0 spiro atoms. The van der Waals surface area contributed by atoms with Crippen molar-refractivity contribution in [3.63, 3.8) is 0 Å². The SMILES string of the molecule is N#Cc1ccc(-c2ccc3c4c(ccc(-c5cccc6cc7c(-c8nc(-c9ccccc9)nc(-c9ccccc9)n8)cccc7cc56)c24)-c2ccccc2-3)c2ccccc12. The number of hydrogen-bond donors (Lipinski definition) is 0. The lowest BCUT2D eigenvalue weighted by Gasteiger charge is -2.18. The Labute approximate surface area is 346 Å². The molecule has 0 atom stereocenters. The van der Waals surface area contributed by atoms with Crippen LogP contribution in [0.5, 0.6) is 0 Å². The first-order valence-corrected chi connectivity index (χ1v) is 20.2. The Morgan fingerprint density at radius 2 is 0.717 bits per heavy atom. The van der Waals surface area contributed by atoms with Crippen molar-refractivity contribution in [2.75, 3.05) is 0 Å². The smallest absolute Gasteiger partial charge is 0.164 e. The quantitative estimate of drug-likeness (QED) is 0.164. The summed E-state index contributed by atoms with van der Waals surface area (Å²) >= 11 is 0. The molecule has 1 aromatic heterocycles. The highest BCUT2D eigenvalue weighted by Crippen LogP contribution is 2.53. The maximum Gasteiger partial charge on any atom is 0.164 e. The lowest BCUT2D eigenvalue weighted by Crippen LogP contribution is -2.00. The molecule has 60 heavy (non-hydrogen) atoms. The van der Waals surface area contributed by atoms with Gasteiger partial charge in [0.15, 0.2) is 17.5 Å². The highest BCUT2D eigenvalue weighted by Gasteiger charge is 2.26. The zero-order valence-corrected chi connectivity index (χ0v) is 32.3. The third-order valence-electron chi connectivity index (χ3n) is 12.1. The summed E-state index contributed by atoms with van der Waals surface area (Å²) in [5.41, 5.74) is 13.1. The van der Waals surface area contributed by atoms with E-state index in [-0.39, 0.29) is 0 Å². The summed E-state index contributed by atoms with van der Waals surface area (Å²) < 4.78 is 0. The number of benzene rings is 10. The number of fused-ring (bicyclic) bond motifs is 6. The summed E-state index contributed by atoms with van der Waals surface area (Å²) in [5, 5.41) is 19.0. The largest absolute Gasteiger partial charge is 0.208 e. The molecule has 0 saturated heterocycles. The molecule has 1 aliphatic rings. The Balaban J connectivity index is 1.10. The molecule has 0 bridgehead atoms. The molecule has 0 radical (unpaired) electrons. The first-order valence-electron chi connectivity index (χ1n) is 20.2. The molecule has 4 heteroatoms. The molecular formula is C56H32N4. The van der Waals surface area contributed by atoms with Crippen LogP contribution in [0, 0.1) is 11.3 Å². The zero-order chi connectivity index (χ0) is 39.7. The molecule has 1 aliphatic carbocycles. The molecule has 276 valence electrons. The second kappa shape index (κ2) is 13.4. The summed E-state index contributed by atoms with van der Waals surface area (Å²) in [6, 6.07) is 70.6. The number of hydrogen-bond acceptors (Lipinski definition) is 4. The summed E-state index contributed by atoms with van der Waals surface area (Å²) in [4.78, 5) is 15.1. The topological polar surface area (TPSA) is 62.5 Å². The Bertz CT molecular complexity index is 3520. The Hall–Kier alpha value is -8.26. The Morgan fingerprint density at radius 3 is 1.28 bits per heavy atom. The fourth-order valence-electron chi connectivity index (χ4n) is 9.39. The number of rotatable bonds is 5. The van der Waals surface area contributed by atoms with E-state index < -0.39 is 0 Å². The van der Waals surface area contributed by atoms with Gasteiger partial charge in [0.1, 0.15) is 0 Å². The molecule has 10 aromatic carbocycles. The first kappa shape index (κ1) is 33.8. The minimum Gasteiger partial charge on any atom is -0.208 e. The average molecular weight is 761 g/mol. The van der Waals surface area contributed by atoms with Crippen molar-refractivity contribution in [3.8, 4) is 84.7 Å². The van der Waals surface area contributed by atoms with Gasteiger partial charge in [-0.2, -0.15) is 5.26 Å². The lowest BCUT2D eigenvalue weighted by molar-refractivity contribution is 1.08. The Morgan fingerprint density at radius 1 is 0.300 bits per heavy atom. The molecule has 1 heterocycles. The van der Waals surface area contributed by atoms with Gasteiger partial charge in [-0.15, -0.1) is 0 Å². The van der Waals surface area contributed by atoms with Gasteiger partial charge in [0.2, 0.25) is 0 Å². The number of nitrogens with zero attached hydrogens (tertiary/aromatic N) is 4. The number of nitriles is 1. The van der Waals surface area contributed by atoms with E-state index in [0.717, 1.165) is 60.3 Å². The summed E-state index contributed by atoms with van der Waals surface area (Å²) in [6.45, 7) is 0. The summed E-state index contributed by atoms with van der Waals surface area (Å²) in [5.74, 6) is 1.91. The molecule has 0 unspecified atom stereocenters. The second-order valence-corrected chi connectivity index (χ2v) is 15.4. The summed E-state index contributed by atoms with van der Waals surface area (Å²) in [6.07, 6.45) is 0. The van der Waals surface area contributed by atoms with Gasteiger partial charge in [-0.05, 0) is 100 Å². The second-order valence-electron chi connectivity index (χ2n) is 15.4. The highest BCUT2D eigenvalue weighted by molar-refractivity contribution is 6.25. The molecule has 0 N–H and O–H groups in total. The van der Waals surface area contributed by atoms with Crippen molar-refractivity contribution >= 4 is 43.1 Å². The van der Waals surface area contributed by atoms with Crippen molar-refractivity contribution < 1.29 is 0 Å².